The minimum Gasteiger partial charge on any atom is -0.508 e. The van der Waals surface area contributed by atoms with Gasteiger partial charge in [0, 0.05) is 0 Å². The lowest BCUT2D eigenvalue weighted by Gasteiger charge is -2.09. The number of carbonyl (C=O) groups excluding carboxylic acids is 1. The highest BCUT2D eigenvalue weighted by molar-refractivity contribution is 6.34. The van der Waals surface area contributed by atoms with Gasteiger partial charge in [0.2, 0.25) is 0 Å². The van der Waals surface area contributed by atoms with Crippen LogP contribution in [-0.2, 0) is 0 Å². The van der Waals surface area contributed by atoms with Crippen LogP contribution in [0.25, 0.3) is 0 Å². The van der Waals surface area contributed by atoms with Crippen molar-refractivity contribution in [1.82, 2.24) is 0 Å². The van der Waals surface area contributed by atoms with Gasteiger partial charge in [0.15, 0.2) is 0 Å². The topological polar surface area (TPSA) is 107 Å². The lowest BCUT2D eigenvalue weighted by molar-refractivity contribution is 0.0696. The fourth-order valence-corrected chi connectivity index (χ4v) is 1.85. The fraction of sp³-hybridized carbons (Fsp3) is 0. The Labute approximate surface area is 124 Å². The van der Waals surface area contributed by atoms with Crippen molar-refractivity contribution in [2.45, 2.75) is 0 Å². The van der Waals surface area contributed by atoms with Crippen molar-refractivity contribution in [2.24, 2.45) is 0 Å². The second-order valence-corrected chi connectivity index (χ2v) is 4.56. The molecule has 1 amide bonds. The van der Waals surface area contributed by atoms with Crippen molar-refractivity contribution in [1.29, 1.82) is 0 Å². The highest BCUT2D eigenvalue weighted by atomic mass is 35.5. The molecular formula is C14H10ClNO5. The van der Waals surface area contributed by atoms with Crippen LogP contribution in [0.1, 0.15) is 20.7 Å². The molecule has 108 valence electrons. The molecule has 0 aromatic heterocycles. The SMILES string of the molecule is O=C(O)c1ccc(NC(=O)c2cc(O)ccc2Cl)c(O)c1. The van der Waals surface area contributed by atoms with E-state index in [9.17, 15) is 19.8 Å². The van der Waals surface area contributed by atoms with Crippen molar-refractivity contribution in [3.05, 3.63) is 52.5 Å². The molecule has 0 aliphatic carbocycles. The third kappa shape index (κ3) is 3.24. The Bertz CT molecular complexity index is 729. The van der Waals surface area contributed by atoms with Gasteiger partial charge >= 0.3 is 5.97 Å². The third-order valence-corrected chi connectivity index (χ3v) is 3.02. The summed E-state index contributed by atoms with van der Waals surface area (Å²) in [5.74, 6) is -2.36. The highest BCUT2D eigenvalue weighted by Gasteiger charge is 2.14. The first-order chi connectivity index (χ1) is 9.88. The number of aromatic carboxylic acids is 1. The molecule has 2 rings (SSSR count). The van der Waals surface area contributed by atoms with Crippen LogP contribution in [-0.4, -0.2) is 27.2 Å². The van der Waals surface area contributed by atoms with Gasteiger partial charge in [0.25, 0.3) is 5.91 Å². The number of benzene rings is 2. The number of hydrogen-bond acceptors (Lipinski definition) is 4. The van der Waals surface area contributed by atoms with E-state index in [2.05, 4.69) is 5.32 Å². The number of aromatic hydroxyl groups is 2. The van der Waals surface area contributed by atoms with Crippen molar-refractivity contribution in [2.75, 3.05) is 5.32 Å². The number of carboxylic acids is 1. The van der Waals surface area contributed by atoms with Gasteiger partial charge in [-0.1, -0.05) is 11.6 Å². The monoisotopic (exact) mass is 307 g/mol. The zero-order valence-electron chi connectivity index (χ0n) is 10.5. The molecule has 0 saturated heterocycles. The number of halogens is 1. The number of amides is 1. The molecule has 0 spiro atoms. The predicted octanol–water partition coefficient (Wildman–Crippen LogP) is 2.70. The van der Waals surface area contributed by atoms with Crippen LogP contribution < -0.4 is 5.32 Å². The minimum atomic E-state index is -1.20. The van der Waals surface area contributed by atoms with E-state index in [1.807, 2.05) is 0 Å². The van der Waals surface area contributed by atoms with E-state index in [-0.39, 0.29) is 33.3 Å². The number of carbonyl (C=O) groups is 2. The predicted molar refractivity (Wildman–Crippen MR) is 76.1 cm³/mol. The summed E-state index contributed by atoms with van der Waals surface area (Å²) in [5.41, 5.74) is -0.0522. The zero-order valence-corrected chi connectivity index (χ0v) is 11.3. The molecule has 2 aromatic rings. The Hall–Kier alpha value is -2.73. The molecule has 0 bridgehead atoms. The van der Waals surface area contributed by atoms with Crippen LogP contribution in [0.15, 0.2) is 36.4 Å². The Morgan fingerprint density at radius 2 is 1.76 bits per heavy atom. The molecule has 0 saturated carbocycles. The standard InChI is InChI=1S/C14H10ClNO5/c15-10-3-2-8(17)6-9(10)13(19)16-11-4-1-7(14(20)21)5-12(11)18/h1-6,17-18H,(H,16,19)(H,20,21). The van der Waals surface area contributed by atoms with Crippen molar-refractivity contribution >= 4 is 29.2 Å². The molecule has 0 atom stereocenters. The maximum absolute atomic E-state index is 12.0. The average Bonchev–Trinajstić information content (AvgIpc) is 2.43. The molecule has 21 heavy (non-hydrogen) atoms. The van der Waals surface area contributed by atoms with Crippen LogP contribution >= 0.6 is 11.6 Å². The summed E-state index contributed by atoms with van der Waals surface area (Å²) in [6.07, 6.45) is 0. The maximum Gasteiger partial charge on any atom is 0.335 e. The molecular weight excluding hydrogens is 298 g/mol. The molecule has 2 aromatic carbocycles. The summed E-state index contributed by atoms with van der Waals surface area (Å²) < 4.78 is 0. The third-order valence-electron chi connectivity index (χ3n) is 2.69. The van der Waals surface area contributed by atoms with Crippen LogP contribution in [0.5, 0.6) is 11.5 Å². The lowest BCUT2D eigenvalue weighted by atomic mass is 10.1. The van der Waals surface area contributed by atoms with Gasteiger partial charge in [-0.2, -0.15) is 0 Å². The highest BCUT2D eigenvalue weighted by Crippen LogP contribution is 2.27. The molecule has 0 aliphatic heterocycles. The fourth-order valence-electron chi connectivity index (χ4n) is 1.65. The Morgan fingerprint density at radius 1 is 1.05 bits per heavy atom. The minimum absolute atomic E-state index is 0.0263. The van der Waals surface area contributed by atoms with Crippen LogP contribution in [0.2, 0.25) is 5.02 Å². The van der Waals surface area contributed by atoms with E-state index in [0.29, 0.717) is 0 Å². The maximum atomic E-state index is 12.0. The van der Waals surface area contributed by atoms with Gasteiger partial charge < -0.3 is 20.6 Å². The normalized spacial score (nSPS) is 10.1. The first-order valence-corrected chi connectivity index (χ1v) is 6.12. The zero-order chi connectivity index (χ0) is 15.6. The Balaban J connectivity index is 2.27. The summed E-state index contributed by atoms with van der Waals surface area (Å²) >= 11 is 5.85. The second kappa shape index (κ2) is 5.72. The molecule has 0 aliphatic rings. The van der Waals surface area contributed by atoms with Crippen LogP contribution in [0, 0.1) is 0 Å². The lowest BCUT2D eigenvalue weighted by Crippen LogP contribution is -2.12. The number of rotatable bonds is 3. The molecule has 0 fully saturated rings. The van der Waals surface area contributed by atoms with E-state index in [1.165, 1.54) is 30.3 Å². The van der Waals surface area contributed by atoms with Gasteiger partial charge in [-0.25, -0.2) is 4.79 Å². The van der Waals surface area contributed by atoms with E-state index >= 15 is 0 Å². The Kier molecular flexibility index (Phi) is 4.00. The second-order valence-electron chi connectivity index (χ2n) is 4.16. The molecule has 4 N–H and O–H groups in total. The van der Waals surface area contributed by atoms with Gasteiger partial charge in [0.1, 0.15) is 11.5 Å². The molecule has 0 heterocycles. The summed E-state index contributed by atoms with van der Waals surface area (Å²) in [4.78, 5) is 22.8. The van der Waals surface area contributed by atoms with Crippen molar-refractivity contribution < 1.29 is 24.9 Å². The smallest absolute Gasteiger partial charge is 0.335 e. The van der Waals surface area contributed by atoms with Crippen LogP contribution in [0.4, 0.5) is 5.69 Å². The summed E-state index contributed by atoms with van der Waals surface area (Å²) in [7, 11) is 0. The first-order valence-electron chi connectivity index (χ1n) is 5.74. The van der Waals surface area contributed by atoms with Gasteiger partial charge in [0.05, 0.1) is 21.8 Å². The quantitative estimate of drug-likeness (QED) is 0.652. The van der Waals surface area contributed by atoms with Crippen LogP contribution in [0.3, 0.4) is 0 Å². The average molecular weight is 308 g/mol. The molecule has 6 nitrogen and oxygen atoms in total. The molecule has 0 unspecified atom stereocenters. The Morgan fingerprint density at radius 3 is 2.38 bits per heavy atom. The number of carboxylic acid groups (broad SMARTS) is 1. The summed E-state index contributed by atoms with van der Waals surface area (Å²) in [5, 5.41) is 30.3. The van der Waals surface area contributed by atoms with E-state index in [4.69, 9.17) is 16.7 Å². The van der Waals surface area contributed by atoms with Crippen molar-refractivity contribution in [3.8, 4) is 11.5 Å². The van der Waals surface area contributed by atoms with E-state index in [1.54, 1.807) is 0 Å². The van der Waals surface area contributed by atoms with Gasteiger partial charge in [-0.15, -0.1) is 0 Å². The number of phenols is 2. The molecule has 7 heteroatoms. The number of nitrogens with one attached hydrogen (secondary N) is 1. The largest absolute Gasteiger partial charge is 0.508 e. The van der Waals surface area contributed by atoms with Gasteiger partial charge in [-0.3, -0.25) is 4.79 Å². The summed E-state index contributed by atoms with van der Waals surface area (Å²) in [6, 6.07) is 7.38. The van der Waals surface area contributed by atoms with Gasteiger partial charge in [-0.05, 0) is 36.4 Å². The number of phenolic OH excluding ortho intramolecular Hbond substituents is 2. The number of anilines is 1. The first kappa shape index (κ1) is 14.7. The van der Waals surface area contributed by atoms with E-state index in [0.717, 1.165) is 6.07 Å². The van der Waals surface area contributed by atoms with Crippen molar-refractivity contribution in [3.63, 3.8) is 0 Å². The summed E-state index contributed by atoms with van der Waals surface area (Å²) in [6.45, 7) is 0. The molecule has 0 radical (unpaired) electrons. The van der Waals surface area contributed by atoms with E-state index < -0.39 is 11.9 Å². The number of hydrogen-bond donors (Lipinski definition) is 4.